The lowest BCUT2D eigenvalue weighted by molar-refractivity contribution is -0.117. The molecule has 2 heterocycles. The number of fused-ring (bicyclic) bond motifs is 1. The van der Waals surface area contributed by atoms with Crippen LogP contribution in [0.25, 0.3) is 0 Å². The lowest BCUT2D eigenvalue weighted by Crippen LogP contribution is -2.32. The molecule has 0 spiro atoms. The van der Waals surface area contributed by atoms with E-state index in [1.807, 2.05) is 41.8 Å². The number of thiophene rings is 1. The molecule has 0 unspecified atom stereocenters. The van der Waals surface area contributed by atoms with Gasteiger partial charge in [0.25, 0.3) is 0 Å². The Labute approximate surface area is 134 Å². The summed E-state index contributed by atoms with van der Waals surface area (Å²) in [5, 5.41) is 11.6. The van der Waals surface area contributed by atoms with Crippen molar-refractivity contribution in [3.8, 4) is 6.07 Å². The van der Waals surface area contributed by atoms with Gasteiger partial charge in [0.05, 0.1) is 11.8 Å². The second-order valence-electron chi connectivity index (χ2n) is 4.45. The Kier molecular flexibility index (Phi) is 3.86. The van der Waals surface area contributed by atoms with Gasteiger partial charge in [0.1, 0.15) is 18.1 Å². The average molecular weight is 360 g/mol. The number of rotatable bonds is 2. The maximum absolute atomic E-state index is 12.2. The number of anilines is 1. The number of hydrogen-bond acceptors (Lipinski definition) is 4. The Hall–Kier alpha value is -1.97. The van der Waals surface area contributed by atoms with Crippen molar-refractivity contribution < 1.29 is 4.79 Å². The van der Waals surface area contributed by atoms with Gasteiger partial charge in [-0.3, -0.25) is 14.7 Å². The second-order valence-corrected chi connectivity index (χ2v) is 6.26. The van der Waals surface area contributed by atoms with Gasteiger partial charge in [0.2, 0.25) is 5.91 Å². The molecule has 0 radical (unpaired) electrons. The van der Waals surface area contributed by atoms with E-state index in [1.165, 1.54) is 16.2 Å². The number of hydrogen-bond donors (Lipinski definition) is 0. The smallest absolute Gasteiger partial charge is 0.250 e. The van der Waals surface area contributed by atoms with Gasteiger partial charge in [-0.05, 0) is 23.6 Å². The standard InChI is InChI=1S/C15H10BrN3OS/c16-11-3-1-10(2-4-11)14-12-5-8-21-15(12)19(7-6-17)13(20)9-18-14/h1-5,8H,7,9H2. The first-order valence-electron chi connectivity index (χ1n) is 6.26. The zero-order valence-corrected chi connectivity index (χ0v) is 13.3. The van der Waals surface area contributed by atoms with E-state index in [2.05, 4.69) is 20.9 Å². The highest BCUT2D eigenvalue weighted by Gasteiger charge is 2.25. The van der Waals surface area contributed by atoms with Crippen LogP contribution in [-0.4, -0.2) is 24.7 Å². The molecule has 0 saturated carbocycles. The molecule has 104 valence electrons. The zero-order chi connectivity index (χ0) is 14.8. The van der Waals surface area contributed by atoms with Crippen molar-refractivity contribution in [1.29, 1.82) is 5.26 Å². The van der Waals surface area contributed by atoms with Crippen LogP contribution < -0.4 is 4.90 Å². The van der Waals surface area contributed by atoms with Gasteiger partial charge in [-0.25, -0.2) is 0 Å². The molecule has 6 heteroatoms. The van der Waals surface area contributed by atoms with Crippen molar-refractivity contribution in [2.75, 3.05) is 18.0 Å². The van der Waals surface area contributed by atoms with Crippen LogP contribution in [0.2, 0.25) is 0 Å². The zero-order valence-electron chi connectivity index (χ0n) is 10.9. The number of amides is 1. The summed E-state index contributed by atoms with van der Waals surface area (Å²) in [7, 11) is 0. The van der Waals surface area contributed by atoms with Crippen molar-refractivity contribution >= 4 is 43.9 Å². The van der Waals surface area contributed by atoms with E-state index in [-0.39, 0.29) is 19.0 Å². The van der Waals surface area contributed by atoms with Crippen LogP contribution in [0.15, 0.2) is 45.2 Å². The minimum absolute atomic E-state index is 0.0511. The quantitative estimate of drug-likeness (QED) is 0.773. The largest absolute Gasteiger partial charge is 0.288 e. The molecule has 2 aromatic rings. The first kappa shape index (κ1) is 14.0. The number of carbonyl (C=O) groups excluding carboxylic acids is 1. The molecule has 0 fully saturated rings. The lowest BCUT2D eigenvalue weighted by Gasteiger charge is -2.16. The molecule has 0 N–H and O–H groups in total. The maximum atomic E-state index is 12.2. The van der Waals surface area contributed by atoms with Crippen molar-refractivity contribution in [3.63, 3.8) is 0 Å². The minimum Gasteiger partial charge on any atom is -0.288 e. The number of benzene rings is 1. The molecule has 4 nitrogen and oxygen atoms in total. The SMILES string of the molecule is N#CCN1C(=O)CN=C(c2ccc(Br)cc2)c2ccsc21. The predicted octanol–water partition coefficient (Wildman–Crippen LogP) is 3.22. The monoisotopic (exact) mass is 359 g/mol. The van der Waals surface area contributed by atoms with E-state index in [4.69, 9.17) is 5.26 Å². The van der Waals surface area contributed by atoms with E-state index in [0.717, 1.165) is 26.3 Å². The number of aliphatic imine (C=N–C) groups is 1. The summed E-state index contributed by atoms with van der Waals surface area (Å²) >= 11 is 4.87. The van der Waals surface area contributed by atoms with Crippen LogP contribution in [0.1, 0.15) is 11.1 Å². The molecule has 0 bridgehead atoms. The Morgan fingerprint density at radius 2 is 2.10 bits per heavy atom. The fourth-order valence-corrected chi connectivity index (χ4v) is 3.39. The van der Waals surface area contributed by atoms with E-state index >= 15 is 0 Å². The van der Waals surface area contributed by atoms with E-state index < -0.39 is 0 Å². The lowest BCUT2D eigenvalue weighted by atomic mass is 10.0. The van der Waals surface area contributed by atoms with Crippen LogP contribution in [0.5, 0.6) is 0 Å². The molecule has 1 aliphatic heterocycles. The van der Waals surface area contributed by atoms with E-state index in [0.29, 0.717) is 0 Å². The second kappa shape index (κ2) is 5.80. The van der Waals surface area contributed by atoms with Crippen LogP contribution in [0.4, 0.5) is 5.00 Å². The predicted molar refractivity (Wildman–Crippen MR) is 86.9 cm³/mol. The Balaban J connectivity index is 2.10. The van der Waals surface area contributed by atoms with Crippen LogP contribution in [0, 0.1) is 11.3 Å². The Bertz CT molecular complexity index is 758. The Morgan fingerprint density at radius 1 is 1.33 bits per heavy atom. The van der Waals surface area contributed by atoms with Crippen molar-refractivity contribution in [2.24, 2.45) is 4.99 Å². The molecule has 1 aromatic carbocycles. The van der Waals surface area contributed by atoms with Crippen molar-refractivity contribution in [2.45, 2.75) is 0 Å². The molecule has 0 aliphatic carbocycles. The third-order valence-electron chi connectivity index (χ3n) is 3.17. The average Bonchev–Trinajstić information content (AvgIpc) is 2.91. The van der Waals surface area contributed by atoms with Gasteiger partial charge in [0.15, 0.2) is 0 Å². The fraction of sp³-hybridized carbons (Fsp3) is 0.133. The minimum atomic E-state index is -0.146. The first-order chi connectivity index (χ1) is 10.2. The molecule has 1 amide bonds. The number of carbonyl (C=O) groups is 1. The summed E-state index contributed by atoms with van der Waals surface area (Å²) in [4.78, 5) is 18.1. The van der Waals surface area contributed by atoms with Gasteiger partial charge >= 0.3 is 0 Å². The van der Waals surface area contributed by atoms with Crippen LogP contribution >= 0.6 is 27.3 Å². The number of nitriles is 1. The molecule has 1 aliphatic rings. The first-order valence-corrected chi connectivity index (χ1v) is 7.93. The third-order valence-corrected chi connectivity index (χ3v) is 4.63. The summed E-state index contributed by atoms with van der Waals surface area (Å²) in [5.41, 5.74) is 2.67. The van der Waals surface area contributed by atoms with Gasteiger partial charge in [0, 0.05) is 15.6 Å². The molecule has 0 saturated heterocycles. The molecule has 0 atom stereocenters. The highest BCUT2D eigenvalue weighted by molar-refractivity contribution is 9.10. The summed E-state index contributed by atoms with van der Waals surface area (Å²) in [6.45, 7) is 0.115. The third kappa shape index (κ3) is 2.62. The van der Waals surface area contributed by atoms with Gasteiger partial charge < -0.3 is 0 Å². The molecule has 3 rings (SSSR count). The normalized spacial score (nSPS) is 14.2. The van der Waals surface area contributed by atoms with Gasteiger partial charge in [-0.15, -0.1) is 11.3 Å². The molecular weight excluding hydrogens is 350 g/mol. The maximum Gasteiger partial charge on any atom is 0.250 e. The summed E-state index contributed by atoms with van der Waals surface area (Å²) in [6.07, 6.45) is 0. The van der Waals surface area contributed by atoms with Crippen LogP contribution in [0.3, 0.4) is 0 Å². The van der Waals surface area contributed by atoms with Crippen molar-refractivity contribution in [3.05, 3.63) is 51.3 Å². The Morgan fingerprint density at radius 3 is 2.81 bits per heavy atom. The highest BCUT2D eigenvalue weighted by atomic mass is 79.9. The van der Waals surface area contributed by atoms with E-state index in [1.54, 1.807) is 0 Å². The number of halogens is 1. The summed E-state index contributed by atoms with van der Waals surface area (Å²) in [5.74, 6) is -0.146. The number of nitrogens with zero attached hydrogens (tertiary/aromatic N) is 3. The molecular formula is C15H10BrN3OS. The summed E-state index contributed by atoms with van der Waals surface area (Å²) < 4.78 is 0.994. The topological polar surface area (TPSA) is 56.5 Å². The van der Waals surface area contributed by atoms with Gasteiger partial charge in [-0.2, -0.15) is 5.26 Å². The highest BCUT2D eigenvalue weighted by Crippen LogP contribution is 2.32. The molecule has 21 heavy (non-hydrogen) atoms. The fourth-order valence-electron chi connectivity index (χ4n) is 2.21. The summed E-state index contributed by atoms with van der Waals surface area (Å²) in [6, 6.07) is 11.8. The van der Waals surface area contributed by atoms with Gasteiger partial charge in [-0.1, -0.05) is 28.1 Å². The van der Waals surface area contributed by atoms with Crippen molar-refractivity contribution in [1.82, 2.24) is 0 Å². The van der Waals surface area contributed by atoms with Crippen LogP contribution in [-0.2, 0) is 4.79 Å². The molecule has 1 aromatic heterocycles. The van der Waals surface area contributed by atoms with E-state index in [9.17, 15) is 4.79 Å².